The third-order valence-electron chi connectivity index (χ3n) is 2.94. The molecule has 3 aromatic rings. The number of benzene rings is 2. The van der Waals surface area contributed by atoms with Gasteiger partial charge in [-0.05, 0) is 36.4 Å². The molecule has 0 aliphatic carbocycles. The molecular formula is C15H10F2N2O. The molecule has 1 aromatic heterocycles. The van der Waals surface area contributed by atoms with Crippen LogP contribution in [-0.4, -0.2) is 10.9 Å². The van der Waals surface area contributed by atoms with Crippen LogP contribution in [-0.2, 0) is 0 Å². The predicted octanol–water partition coefficient (Wildman–Crippen LogP) is 3.70. The average Bonchev–Trinajstić information content (AvgIpc) is 2.85. The number of fused-ring (bicyclic) bond motifs is 1. The quantitative estimate of drug-likeness (QED) is 0.734. The average molecular weight is 272 g/mol. The number of amides is 1. The van der Waals surface area contributed by atoms with E-state index < -0.39 is 17.5 Å². The van der Waals surface area contributed by atoms with Gasteiger partial charge >= 0.3 is 0 Å². The largest absolute Gasteiger partial charge is 0.361 e. The first-order valence-electron chi connectivity index (χ1n) is 5.96. The summed E-state index contributed by atoms with van der Waals surface area (Å²) in [5, 5.41) is 3.55. The van der Waals surface area contributed by atoms with Crippen LogP contribution in [0.25, 0.3) is 10.9 Å². The van der Waals surface area contributed by atoms with Crippen LogP contribution in [0, 0.1) is 11.6 Å². The highest BCUT2D eigenvalue weighted by Gasteiger charge is 2.10. The lowest BCUT2D eigenvalue weighted by Crippen LogP contribution is -2.12. The molecule has 20 heavy (non-hydrogen) atoms. The van der Waals surface area contributed by atoms with Crippen molar-refractivity contribution < 1.29 is 13.6 Å². The minimum absolute atomic E-state index is 0.0586. The number of aromatic amines is 1. The highest BCUT2D eigenvalue weighted by Crippen LogP contribution is 2.19. The van der Waals surface area contributed by atoms with Crippen molar-refractivity contribution in [2.75, 3.05) is 5.32 Å². The second-order valence-electron chi connectivity index (χ2n) is 4.39. The van der Waals surface area contributed by atoms with Gasteiger partial charge in [0.1, 0.15) is 11.6 Å². The van der Waals surface area contributed by atoms with Gasteiger partial charge in [-0.25, -0.2) is 8.78 Å². The molecular weight excluding hydrogens is 262 g/mol. The fourth-order valence-corrected chi connectivity index (χ4v) is 2.02. The minimum Gasteiger partial charge on any atom is -0.361 e. The molecule has 2 N–H and O–H groups in total. The summed E-state index contributed by atoms with van der Waals surface area (Å²) < 4.78 is 26.1. The van der Waals surface area contributed by atoms with Crippen molar-refractivity contribution in [2.45, 2.75) is 0 Å². The fraction of sp³-hybridized carbons (Fsp3) is 0. The fourth-order valence-electron chi connectivity index (χ4n) is 2.02. The maximum absolute atomic E-state index is 13.1. The molecule has 100 valence electrons. The topological polar surface area (TPSA) is 44.9 Å². The third-order valence-corrected chi connectivity index (χ3v) is 2.94. The van der Waals surface area contributed by atoms with Gasteiger partial charge < -0.3 is 10.3 Å². The van der Waals surface area contributed by atoms with Crippen molar-refractivity contribution in [1.29, 1.82) is 0 Å². The molecule has 3 rings (SSSR count). The second-order valence-corrected chi connectivity index (χ2v) is 4.39. The lowest BCUT2D eigenvalue weighted by Gasteiger charge is -2.06. The zero-order valence-electron chi connectivity index (χ0n) is 10.3. The van der Waals surface area contributed by atoms with Crippen molar-refractivity contribution in [1.82, 2.24) is 4.98 Å². The van der Waals surface area contributed by atoms with Crippen LogP contribution in [0.1, 0.15) is 10.4 Å². The van der Waals surface area contributed by atoms with Crippen molar-refractivity contribution >= 4 is 22.5 Å². The molecule has 1 amide bonds. The maximum Gasteiger partial charge on any atom is 0.255 e. The number of nitrogens with one attached hydrogen (secondary N) is 2. The summed E-state index contributed by atoms with van der Waals surface area (Å²) in [5.74, 6) is -2.12. The van der Waals surface area contributed by atoms with E-state index in [1.807, 2.05) is 12.1 Å². The summed E-state index contributed by atoms with van der Waals surface area (Å²) in [4.78, 5) is 15.0. The summed E-state index contributed by atoms with van der Waals surface area (Å²) in [6.07, 6.45) is 1.79. The second kappa shape index (κ2) is 4.77. The van der Waals surface area contributed by atoms with Crippen LogP contribution in [0.2, 0.25) is 0 Å². The first-order chi connectivity index (χ1) is 9.61. The van der Waals surface area contributed by atoms with Crippen LogP contribution in [0.15, 0.2) is 48.7 Å². The number of aromatic nitrogens is 1. The van der Waals surface area contributed by atoms with E-state index in [2.05, 4.69) is 10.3 Å². The Morgan fingerprint density at radius 1 is 1.00 bits per heavy atom. The number of anilines is 1. The standard InChI is InChI=1S/C15H10F2N2O/c16-11-5-10(6-12(17)8-11)15(20)19-13-1-2-14-9(7-13)3-4-18-14/h1-8,18H,(H,19,20). The SMILES string of the molecule is O=C(Nc1ccc2[nH]ccc2c1)c1cc(F)cc(F)c1. The molecule has 0 aliphatic rings. The highest BCUT2D eigenvalue weighted by atomic mass is 19.1. The number of hydrogen-bond acceptors (Lipinski definition) is 1. The number of carbonyl (C=O) groups is 1. The number of hydrogen-bond donors (Lipinski definition) is 2. The Balaban J connectivity index is 1.87. The van der Waals surface area contributed by atoms with E-state index >= 15 is 0 Å². The minimum atomic E-state index is -0.781. The van der Waals surface area contributed by atoms with Gasteiger partial charge in [-0.2, -0.15) is 0 Å². The van der Waals surface area contributed by atoms with Gasteiger partial charge in [-0.3, -0.25) is 4.79 Å². The number of carbonyl (C=O) groups excluding carboxylic acids is 1. The third kappa shape index (κ3) is 2.38. The Labute approximate surface area is 113 Å². The first-order valence-corrected chi connectivity index (χ1v) is 5.96. The predicted molar refractivity (Wildman–Crippen MR) is 72.6 cm³/mol. The van der Waals surface area contributed by atoms with Gasteiger partial charge in [0.15, 0.2) is 0 Å². The van der Waals surface area contributed by atoms with Gasteiger partial charge in [0, 0.05) is 34.4 Å². The normalized spacial score (nSPS) is 10.7. The molecule has 0 aliphatic heterocycles. The molecule has 1 heterocycles. The molecule has 0 bridgehead atoms. The Bertz CT molecular complexity index is 775. The van der Waals surface area contributed by atoms with Crippen molar-refractivity contribution in [3.8, 4) is 0 Å². The van der Waals surface area contributed by atoms with Crippen LogP contribution in [0.3, 0.4) is 0 Å². The van der Waals surface area contributed by atoms with Gasteiger partial charge in [0.2, 0.25) is 0 Å². The zero-order chi connectivity index (χ0) is 14.1. The maximum atomic E-state index is 13.1. The molecule has 0 fully saturated rings. The van der Waals surface area contributed by atoms with E-state index in [9.17, 15) is 13.6 Å². The van der Waals surface area contributed by atoms with E-state index in [-0.39, 0.29) is 5.56 Å². The molecule has 0 saturated heterocycles. The first kappa shape index (κ1) is 12.3. The van der Waals surface area contributed by atoms with Crippen molar-refractivity contribution in [3.63, 3.8) is 0 Å². The van der Waals surface area contributed by atoms with Gasteiger partial charge in [-0.15, -0.1) is 0 Å². The molecule has 5 heteroatoms. The highest BCUT2D eigenvalue weighted by molar-refractivity contribution is 6.05. The summed E-state index contributed by atoms with van der Waals surface area (Å²) in [6, 6.07) is 9.89. The zero-order valence-corrected chi connectivity index (χ0v) is 10.3. The summed E-state index contributed by atoms with van der Waals surface area (Å²) in [7, 11) is 0. The molecule has 0 spiro atoms. The van der Waals surface area contributed by atoms with Gasteiger partial charge in [0.25, 0.3) is 5.91 Å². The molecule has 0 atom stereocenters. The summed E-state index contributed by atoms with van der Waals surface area (Å²) in [5.41, 5.74) is 1.45. The monoisotopic (exact) mass is 272 g/mol. The van der Waals surface area contributed by atoms with Crippen LogP contribution < -0.4 is 5.32 Å². The van der Waals surface area contributed by atoms with Gasteiger partial charge in [-0.1, -0.05) is 0 Å². The van der Waals surface area contributed by atoms with E-state index in [4.69, 9.17) is 0 Å². The van der Waals surface area contributed by atoms with Crippen molar-refractivity contribution in [2.24, 2.45) is 0 Å². The van der Waals surface area contributed by atoms with Gasteiger partial charge in [0.05, 0.1) is 0 Å². The number of rotatable bonds is 2. The van der Waals surface area contributed by atoms with E-state index in [1.165, 1.54) is 0 Å². The summed E-state index contributed by atoms with van der Waals surface area (Å²) >= 11 is 0. The smallest absolute Gasteiger partial charge is 0.255 e. The molecule has 0 radical (unpaired) electrons. The number of halogens is 2. The molecule has 3 nitrogen and oxygen atoms in total. The number of H-pyrrole nitrogens is 1. The van der Waals surface area contributed by atoms with Crippen LogP contribution in [0.5, 0.6) is 0 Å². The summed E-state index contributed by atoms with van der Waals surface area (Å²) in [6.45, 7) is 0. The Kier molecular flexibility index (Phi) is 2.95. The van der Waals surface area contributed by atoms with E-state index in [0.717, 1.165) is 29.1 Å². The van der Waals surface area contributed by atoms with Crippen LogP contribution >= 0.6 is 0 Å². The van der Waals surface area contributed by atoms with E-state index in [0.29, 0.717) is 5.69 Å². The van der Waals surface area contributed by atoms with E-state index in [1.54, 1.807) is 18.3 Å². The lowest BCUT2D eigenvalue weighted by atomic mass is 10.2. The van der Waals surface area contributed by atoms with Crippen LogP contribution in [0.4, 0.5) is 14.5 Å². The molecule has 2 aromatic carbocycles. The Morgan fingerprint density at radius 3 is 2.50 bits per heavy atom. The lowest BCUT2D eigenvalue weighted by molar-refractivity contribution is 0.102. The Hall–Kier alpha value is -2.69. The Morgan fingerprint density at radius 2 is 1.75 bits per heavy atom. The molecule has 0 saturated carbocycles. The molecule has 0 unspecified atom stereocenters. The van der Waals surface area contributed by atoms with Crippen molar-refractivity contribution in [3.05, 3.63) is 65.9 Å².